The summed E-state index contributed by atoms with van der Waals surface area (Å²) in [5.41, 5.74) is 2.21. The molecular weight excluding hydrogens is 362 g/mol. The highest BCUT2D eigenvalue weighted by molar-refractivity contribution is 5.85. The summed E-state index contributed by atoms with van der Waals surface area (Å²) in [5.74, 6) is 0.571. The van der Waals surface area contributed by atoms with Crippen molar-refractivity contribution in [2.24, 2.45) is 0 Å². The number of halogens is 1. The van der Waals surface area contributed by atoms with Crippen LogP contribution in [-0.2, 0) is 6.54 Å². The lowest BCUT2D eigenvalue weighted by molar-refractivity contribution is 0.134. The fraction of sp³-hybridized carbons (Fsp3) is 0.250. The topological polar surface area (TPSA) is 54.3 Å². The van der Waals surface area contributed by atoms with Gasteiger partial charge in [-0.25, -0.2) is 9.78 Å². The predicted molar refractivity (Wildman–Crippen MR) is 107 cm³/mol. The lowest BCUT2D eigenvalue weighted by atomic mass is 10.2. The molecule has 3 aromatic rings. The standard InChI is InChI=1S/C20H21N5O.ClH/c26-20(25-16-21-19(22-25)18-9-5-2-6-10-18)24-13-11-23(12-14-24)15-17-7-3-1-4-8-17;/h1-10,16H,11-15H2;1H. The molecule has 0 aliphatic carbocycles. The number of amides is 1. The van der Waals surface area contributed by atoms with Crippen LogP contribution in [0.1, 0.15) is 5.56 Å². The molecule has 1 saturated heterocycles. The summed E-state index contributed by atoms with van der Waals surface area (Å²) < 4.78 is 1.34. The number of rotatable bonds is 3. The van der Waals surface area contributed by atoms with Gasteiger partial charge in [0.05, 0.1) is 0 Å². The number of hydrogen-bond acceptors (Lipinski definition) is 4. The van der Waals surface area contributed by atoms with Crippen molar-refractivity contribution in [1.82, 2.24) is 24.6 Å². The van der Waals surface area contributed by atoms with Gasteiger partial charge >= 0.3 is 6.03 Å². The van der Waals surface area contributed by atoms with Crippen LogP contribution >= 0.6 is 12.4 Å². The summed E-state index contributed by atoms with van der Waals surface area (Å²) in [6.07, 6.45) is 1.50. The summed E-state index contributed by atoms with van der Waals surface area (Å²) in [5, 5.41) is 4.34. The van der Waals surface area contributed by atoms with E-state index in [-0.39, 0.29) is 18.4 Å². The zero-order valence-electron chi connectivity index (χ0n) is 14.9. The summed E-state index contributed by atoms with van der Waals surface area (Å²) in [7, 11) is 0. The SMILES string of the molecule is Cl.O=C(N1CCN(Cc2ccccc2)CC1)n1cnc(-c2ccccc2)n1. The summed E-state index contributed by atoms with van der Waals surface area (Å²) in [6.45, 7) is 4.05. The Labute approximate surface area is 164 Å². The van der Waals surface area contributed by atoms with Gasteiger partial charge in [0.2, 0.25) is 0 Å². The lowest BCUT2D eigenvalue weighted by Crippen LogP contribution is -2.49. The minimum atomic E-state index is -0.112. The molecule has 0 unspecified atom stereocenters. The highest BCUT2D eigenvalue weighted by Gasteiger charge is 2.23. The molecule has 0 spiro atoms. The maximum atomic E-state index is 12.7. The second-order valence-corrected chi connectivity index (χ2v) is 6.41. The van der Waals surface area contributed by atoms with Crippen molar-refractivity contribution in [3.05, 3.63) is 72.6 Å². The Hall–Kier alpha value is -2.70. The van der Waals surface area contributed by atoms with Gasteiger partial charge in [-0.3, -0.25) is 4.90 Å². The molecule has 0 saturated carbocycles. The fourth-order valence-electron chi connectivity index (χ4n) is 3.16. The largest absolute Gasteiger partial charge is 0.346 e. The highest BCUT2D eigenvalue weighted by Crippen LogP contribution is 2.14. The maximum Gasteiger partial charge on any atom is 0.346 e. The van der Waals surface area contributed by atoms with Crippen LogP contribution in [0.3, 0.4) is 0 Å². The number of carbonyl (C=O) groups is 1. The molecule has 6 nitrogen and oxygen atoms in total. The minimum absolute atomic E-state index is 0. The van der Waals surface area contributed by atoms with E-state index >= 15 is 0 Å². The molecule has 0 N–H and O–H groups in total. The Morgan fingerprint density at radius 1 is 0.889 bits per heavy atom. The van der Waals surface area contributed by atoms with Crippen LogP contribution in [0.4, 0.5) is 4.79 Å². The van der Waals surface area contributed by atoms with E-state index in [2.05, 4.69) is 39.2 Å². The first-order chi connectivity index (χ1) is 12.8. The third-order valence-electron chi connectivity index (χ3n) is 4.61. The van der Waals surface area contributed by atoms with Crippen LogP contribution in [0.25, 0.3) is 11.4 Å². The van der Waals surface area contributed by atoms with Gasteiger partial charge in [-0.15, -0.1) is 17.5 Å². The van der Waals surface area contributed by atoms with Gasteiger partial charge in [-0.1, -0.05) is 60.7 Å². The van der Waals surface area contributed by atoms with Crippen molar-refractivity contribution in [1.29, 1.82) is 0 Å². The maximum absolute atomic E-state index is 12.7. The van der Waals surface area contributed by atoms with Crippen molar-refractivity contribution in [3.63, 3.8) is 0 Å². The van der Waals surface area contributed by atoms with E-state index in [9.17, 15) is 4.79 Å². The number of aromatic nitrogens is 3. The van der Waals surface area contributed by atoms with Crippen molar-refractivity contribution in [2.45, 2.75) is 6.54 Å². The average molecular weight is 384 g/mol. The molecular formula is C20H22ClN5O. The second kappa shape index (κ2) is 8.79. The van der Waals surface area contributed by atoms with Crippen LogP contribution in [0, 0.1) is 0 Å². The average Bonchev–Trinajstić information content (AvgIpc) is 3.20. The van der Waals surface area contributed by atoms with Crippen LogP contribution in [0.15, 0.2) is 67.0 Å². The molecule has 2 aromatic carbocycles. The van der Waals surface area contributed by atoms with E-state index < -0.39 is 0 Å². The molecule has 0 bridgehead atoms. The fourth-order valence-corrected chi connectivity index (χ4v) is 3.16. The van der Waals surface area contributed by atoms with E-state index in [1.54, 1.807) is 0 Å². The Balaban J connectivity index is 0.00000210. The Morgan fingerprint density at radius 3 is 2.19 bits per heavy atom. The molecule has 1 aliphatic heterocycles. The van der Waals surface area contributed by atoms with E-state index in [1.807, 2.05) is 41.3 Å². The number of benzene rings is 2. The smallest absolute Gasteiger partial charge is 0.320 e. The number of hydrogen-bond donors (Lipinski definition) is 0. The zero-order chi connectivity index (χ0) is 17.8. The van der Waals surface area contributed by atoms with Crippen molar-refractivity contribution >= 4 is 18.4 Å². The molecule has 1 aliphatic rings. The van der Waals surface area contributed by atoms with E-state index in [0.717, 1.165) is 25.2 Å². The first-order valence-electron chi connectivity index (χ1n) is 8.82. The molecule has 0 radical (unpaired) electrons. The van der Waals surface area contributed by atoms with E-state index in [4.69, 9.17) is 0 Å². The number of carbonyl (C=O) groups excluding carboxylic acids is 1. The van der Waals surface area contributed by atoms with Gasteiger partial charge < -0.3 is 4.90 Å². The van der Waals surface area contributed by atoms with Gasteiger partial charge in [-0.2, -0.15) is 4.68 Å². The summed E-state index contributed by atoms with van der Waals surface area (Å²) in [4.78, 5) is 21.2. The van der Waals surface area contributed by atoms with E-state index in [0.29, 0.717) is 18.9 Å². The van der Waals surface area contributed by atoms with Crippen LogP contribution in [-0.4, -0.2) is 56.8 Å². The molecule has 27 heavy (non-hydrogen) atoms. The lowest BCUT2D eigenvalue weighted by Gasteiger charge is -2.34. The first-order valence-corrected chi connectivity index (χ1v) is 8.82. The summed E-state index contributed by atoms with van der Waals surface area (Å²) in [6, 6.07) is 20.0. The molecule has 140 valence electrons. The van der Waals surface area contributed by atoms with Crippen molar-refractivity contribution in [3.8, 4) is 11.4 Å². The van der Waals surface area contributed by atoms with Gasteiger partial charge in [0.15, 0.2) is 5.82 Å². The molecule has 4 rings (SSSR count). The predicted octanol–water partition coefficient (Wildman–Crippen LogP) is 3.15. The zero-order valence-corrected chi connectivity index (χ0v) is 15.8. The Kier molecular flexibility index (Phi) is 6.21. The van der Waals surface area contributed by atoms with Crippen molar-refractivity contribution in [2.75, 3.05) is 26.2 Å². The normalized spacial score (nSPS) is 14.6. The van der Waals surface area contributed by atoms with E-state index in [1.165, 1.54) is 16.6 Å². The minimum Gasteiger partial charge on any atom is -0.320 e. The van der Waals surface area contributed by atoms with Crippen LogP contribution < -0.4 is 0 Å². The van der Waals surface area contributed by atoms with Gasteiger partial charge in [0.1, 0.15) is 6.33 Å². The van der Waals surface area contributed by atoms with Crippen LogP contribution in [0.5, 0.6) is 0 Å². The highest BCUT2D eigenvalue weighted by atomic mass is 35.5. The second-order valence-electron chi connectivity index (χ2n) is 6.41. The molecule has 7 heteroatoms. The molecule has 2 heterocycles. The number of piperazine rings is 1. The monoisotopic (exact) mass is 383 g/mol. The Morgan fingerprint density at radius 2 is 1.52 bits per heavy atom. The number of nitrogens with zero attached hydrogens (tertiary/aromatic N) is 5. The van der Waals surface area contributed by atoms with Crippen molar-refractivity contribution < 1.29 is 4.79 Å². The first kappa shape index (κ1) is 19.1. The van der Waals surface area contributed by atoms with Gasteiger partial charge in [-0.05, 0) is 5.56 Å². The van der Waals surface area contributed by atoms with Crippen LogP contribution in [0.2, 0.25) is 0 Å². The Bertz CT molecular complexity index is 860. The third-order valence-corrected chi connectivity index (χ3v) is 4.61. The molecule has 1 fully saturated rings. The summed E-state index contributed by atoms with van der Waals surface area (Å²) >= 11 is 0. The quantitative estimate of drug-likeness (QED) is 0.697. The molecule has 0 atom stereocenters. The molecule has 1 aromatic heterocycles. The van der Waals surface area contributed by atoms with Gasteiger partial charge in [0, 0.05) is 38.3 Å². The molecule has 1 amide bonds. The third kappa shape index (κ3) is 4.53. The van der Waals surface area contributed by atoms with Gasteiger partial charge in [0.25, 0.3) is 0 Å².